The second-order valence-corrected chi connectivity index (χ2v) is 13.7. The second-order valence-electron chi connectivity index (χ2n) is 9.70. The lowest BCUT2D eigenvalue weighted by Crippen LogP contribution is -2.10. The maximum Gasteiger partial charge on any atom is 0.387 e. The number of imidazole rings is 1. The van der Waals surface area contributed by atoms with Crippen LogP contribution in [0.1, 0.15) is 17.0 Å². The largest absolute Gasteiger partial charge is 0.434 e. The van der Waals surface area contributed by atoms with Gasteiger partial charge in [0.2, 0.25) is 0 Å². The lowest BCUT2D eigenvalue weighted by Gasteiger charge is -2.14. The molecule has 0 N–H and O–H groups in total. The van der Waals surface area contributed by atoms with Gasteiger partial charge in [0.15, 0.2) is 19.7 Å². The Bertz CT molecular complexity index is 1950. The molecule has 0 radical (unpaired) electrons. The number of fused-ring (bicyclic) bond motifs is 1. The number of para-hydroxylation sites is 1. The third-order valence-electron chi connectivity index (χ3n) is 6.65. The van der Waals surface area contributed by atoms with Crippen molar-refractivity contribution in [3.63, 3.8) is 0 Å². The maximum absolute atomic E-state index is 13.1. The molecular weight excluding hydrogens is 570 g/mol. The number of benzene rings is 4. The molecule has 0 aliphatic heterocycles. The highest BCUT2D eigenvalue weighted by Gasteiger charge is 2.17. The molecule has 0 fully saturated rings. The average Bonchev–Trinajstić information content (AvgIpc) is 3.24. The highest BCUT2D eigenvalue weighted by Crippen LogP contribution is 2.30. The summed E-state index contributed by atoms with van der Waals surface area (Å²) in [5.41, 5.74) is 4.20. The van der Waals surface area contributed by atoms with E-state index in [0.29, 0.717) is 16.9 Å². The zero-order valence-electron chi connectivity index (χ0n) is 22.2. The smallest absolute Gasteiger partial charge is 0.387 e. The topological polar surface area (TPSA) is 95.3 Å². The van der Waals surface area contributed by atoms with Gasteiger partial charge in [0, 0.05) is 24.5 Å². The van der Waals surface area contributed by atoms with Crippen molar-refractivity contribution >= 4 is 30.7 Å². The van der Waals surface area contributed by atoms with Crippen LogP contribution < -0.4 is 4.74 Å². The Morgan fingerprint density at radius 3 is 2.15 bits per heavy atom. The molecule has 1 heterocycles. The van der Waals surface area contributed by atoms with E-state index in [-0.39, 0.29) is 28.5 Å². The van der Waals surface area contributed by atoms with Crippen LogP contribution in [-0.2, 0) is 32.6 Å². The Morgan fingerprint density at radius 2 is 1.46 bits per heavy atom. The maximum atomic E-state index is 13.1. The molecule has 0 saturated heterocycles. The molecule has 5 rings (SSSR count). The zero-order chi connectivity index (χ0) is 29.4. The fraction of sp³-hybridized carbons (Fsp3) is 0.167. The molecule has 1 aromatic heterocycles. The zero-order valence-corrected chi connectivity index (χ0v) is 23.8. The number of rotatable bonds is 9. The molecule has 11 heteroatoms. The fourth-order valence-corrected chi connectivity index (χ4v) is 5.96. The normalized spacial score (nSPS) is 12.2. The van der Waals surface area contributed by atoms with Crippen LogP contribution >= 0.6 is 0 Å². The first-order valence-electron chi connectivity index (χ1n) is 12.5. The van der Waals surface area contributed by atoms with E-state index >= 15 is 0 Å². The molecule has 212 valence electrons. The molecule has 0 aliphatic carbocycles. The van der Waals surface area contributed by atoms with Crippen LogP contribution in [0.3, 0.4) is 0 Å². The Hall–Kier alpha value is -4.09. The summed E-state index contributed by atoms with van der Waals surface area (Å²) < 4.78 is 81.0. The van der Waals surface area contributed by atoms with Gasteiger partial charge in [-0.05, 0) is 59.2 Å². The Balaban J connectivity index is 1.63. The lowest BCUT2D eigenvalue weighted by atomic mass is 10.1. The molecule has 0 saturated carbocycles. The first kappa shape index (κ1) is 28.4. The van der Waals surface area contributed by atoms with E-state index in [9.17, 15) is 25.6 Å². The third kappa shape index (κ3) is 6.47. The highest BCUT2D eigenvalue weighted by molar-refractivity contribution is 7.91. The Morgan fingerprint density at radius 1 is 0.780 bits per heavy atom. The molecule has 0 aliphatic rings. The summed E-state index contributed by atoms with van der Waals surface area (Å²) in [4.78, 5) is 5.21. The lowest BCUT2D eigenvalue weighted by molar-refractivity contribution is -0.0504. The van der Waals surface area contributed by atoms with Crippen LogP contribution in [0.2, 0.25) is 0 Å². The van der Waals surface area contributed by atoms with Gasteiger partial charge in [0.25, 0.3) is 0 Å². The summed E-state index contributed by atoms with van der Waals surface area (Å²) in [6.07, 6.45) is 2.58. The van der Waals surface area contributed by atoms with E-state index in [1.165, 1.54) is 12.1 Å². The number of ether oxygens (including phenoxy) is 1. The summed E-state index contributed by atoms with van der Waals surface area (Å²) >= 11 is 0. The molecule has 0 bridgehead atoms. The van der Waals surface area contributed by atoms with Crippen molar-refractivity contribution in [3.8, 4) is 16.9 Å². The summed E-state index contributed by atoms with van der Waals surface area (Å²) in [6, 6.07) is 25.3. The van der Waals surface area contributed by atoms with Gasteiger partial charge in [0.1, 0.15) is 11.6 Å². The van der Waals surface area contributed by atoms with Crippen molar-refractivity contribution < 1.29 is 30.4 Å². The predicted octanol–water partition coefficient (Wildman–Crippen LogP) is 5.75. The van der Waals surface area contributed by atoms with Crippen LogP contribution in [0, 0.1) is 0 Å². The number of hydrogen-bond acceptors (Lipinski definition) is 6. The Labute approximate surface area is 236 Å². The fourth-order valence-electron chi connectivity index (χ4n) is 4.64. The number of halogens is 2. The molecule has 41 heavy (non-hydrogen) atoms. The van der Waals surface area contributed by atoms with Crippen molar-refractivity contribution in [2.24, 2.45) is 0 Å². The van der Waals surface area contributed by atoms with E-state index in [4.69, 9.17) is 9.72 Å². The SMILES string of the molecule is CS(=O)(=O)c1ccc(-c2ccc3nc(Cc4cccc(S(C)(=O)=O)c4)n(Cc4ccccc4OC(F)F)c3c2)cc1. The number of hydrogen-bond donors (Lipinski definition) is 0. The van der Waals surface area contributed by atoms with Crippen LogP contribution in [0.15, 0.2) is 101 Å². The second kappa shape index (κ2) is 11.1. The number of sulfone groups is 2. The van der Waals surface area contributed by atoms with E-state index < -0.39 is 26.3 Å². The van der Waals surface area contributed by atoms with Crippen LogP contribution in [0.25, 0.3) is 22.2 Å². The summed E-state index contributed by atoms with van der Waals surface area (Å²) in [5.74, 6) is 0.643. The molecule has 4 aromatic carbocycles. The minimum Gasteiger partial charge on any atom is -0.434 e. The minimum absolute atomic E-state index is 0.0434. The quantitative estimate of drug-likeness (QED) is 0.215. The molecular formula is C30H26F2N2O5S2. The van der Waals surface area contributed by atoms with Crippen LogP contribution in [0.4, 0.5) is 8.78 Å². The first-order chi connectivity index (χ1) is 19.4. The standard InChI is InChI=1S/C30H26F2N2O5S2/c1-40(35,36)24-13-10-21(11-14-24)22-12-15-26-27(18-22)34(19-23-7-3-4-9-28(23)39-30(31)32)29(33-26)17-20-6-5-8-25(16-20)41(2,37)38/h3-16,18,30H,17,19H2,1-2H3. The average molecular weight is 597 g/mol. The number of aromatic nitrogens is 2. The first-order valence-corrected chi connectivity index (χ1v) is 16.3. The molecule has 0 unspecified atom stereocenters. The molecule has 5 aromatic rings. The predicted molar refractivity (Wildman–Crippen MR) is 153 cm³/mol. The molecule has 0 atom stereocenters. The van der Waals surface area contributed by atoms with E-state index in [1.807, 2.05) is 22.8 Å². The van der Waals surface area contributed by atoms with Crippen molar-refractivity contribution in [3.05, 3.63) is 108 Å². The van der Waals surface area contributed by atoms with E-state index in [0.717, 1.165) is 34.7 Å². The number of alkyl halides is 2. The van der Waals surface area contributed by atoms with Gasteiger partial charge in [-0.25, -0.2) is 21.8 Å². The van der Waals surface area contributed by atoms with Crippen molar-refractivity contribution in [1.29, 1.82) is 0 Å². The van der Waals surface area contributed by atoms with Crippen molar-refractivity contribution in [1.82, 2.24) is 9.55 Å². The van der Waals surface area contributed by atoms with Crippen molar-refractivity contribution in [2.45, 2.75) is 29.4 Å². The summed E-state index contributed by atoms with van der Waals surface area (Å²) in [7, 11) is -6.77. The molecule has 7 nitrogen and oxygen atoms in total. The summed E-state index contributed by atoms with van der Waals surface area (Å²) in [6.45, 7) is -2.83. The van der Waals surface area contributed by atoms with Crippen molar-refractivity contribution in [2.75, 3.05) is 12.5 Å². The van der Waals surface area contributed by atoms with E-state index in [1.54, 1.807) is 60.7 Å². The molecule has 0 spiro atoms. The molecule has 0 amide bonds. The van der Waals surface area contributed by atoms with Crippen LogP contribution in [-0.4, -0.2) is 45.5 Å². The third-order valence-corrected chi connectivity index (χ3v) is 8.89. The van der Waals surface area contributed by atoms with Gasteiger partial charge < -0.3 is 9.30 Å². The number of nitrogens with zero attached hydrogens (tertiary/aromatic N) is 2. The van der Waals surface area contributed by atoms with Gasteiger partial charge in [0.05, 0.1) is 27.4 Å². The Kier molecular flexibility index (Phi) is 7.67. The van der Waals surface area contributed by atoms with Gasteiger partial charge in [-0.1, -0.05) is 48.5 Å². The minimum atomic E-state index is -3.42. The van der Waals surface area contributed by atoms with Gasteiger partial charge in [-0.2, -0.15) is 8.78 Å². The monoisotopic (exact) mass is 596 g/mol. The van der Waals surface area contributed by atoms with Gasteiger partial charge in [-0.3, -0.25) is 0 Å². The van der Waals surface area contributed by atoms with E-state index in [2.05, 4.69) is 0 Å². The summed E-state index contributed by atoms with van der Waals surface area (Å²) in [5, 5.41) is 0. The van der Waals surface area contributed by atoms with Gasteiger partial charge in [-0.15, -0.1) is 0 Å². The van der Waals surface area contributed by atoms with Gasteiger partial charge >= 0.3 is 6.61 Å². The highest BCUT2D eigenvalue weighted by atomic mass is 32.2. The van der Waals surface area contributed by atoms with Crippen LogP contribution in [0.5, 0.6) is 5.75 Å².